The first-order valence-electron chi connectivity index (χ1n) is 21.2. The second-order valence-corrected chi connectivity index (χ2v) is 16.1. The molecule has 0 amide bonds. The van der Waals surface area contributed by atoms with Crippen LogP contribution in [0.3, 0.4) is 0 Å². The number of rotatable bonds is 7. The summed E-state index contributed by atoms with van der Waals surface area (Å²) in [5.74, 6) is 1.79. The van der Waals surface area contributed by atoms with Crippen molar-refractivity contribution in [3.63, 3.8) is 0 Å². The van der Waals surface area contributed by atoms with Gasteiger partial charge in [0, 0.05) is 28.0 Å². The lowest BCUT2D eigenvalue weighted by atomic mass is 9.90. The molecule has 0 aliphatic carbocycles. The molecule has 62 heavy (non-hydrogen) atoms. The lowest BCUT2D eigenvalue weighted by Gasteiger charge is -2.27. The normalized spacial score (nSPS) is 11.7. The van der Waals surface area contributed by atoms with E-state index in [2.05, 4.69) is 235 Å². The second kappa shape index (κ2) is 14.8. The predicted octanol–water partition coefficient (Wildman–Crippen LogP) is 17.1. The van der Waals surface area contributed by atoms with Gasteiger partial charge in [0.2, 0.25) is 0 Å². The van der Waals surface area contributed by atoms with Crippen LogP contribution in [0.5, 0.6) is 11.5 Å². The minimum Gasteiger partial charge on any atom is -0.456 e. The Hall–Kier alpha value is -8.20. The highest BCUT2D eigenvalue weighted by atomic mass is 16.5. The maximum absolute atomic E-state index is 6.37. The van der Waals surface area contributed by atoms with Crippen molar-refractivity contribution < 1.29 is 4.74 Å². The molecule has 0 fully saturated rings. The van der Waals surface area contributed by atoms with E-state index in [1.165, 1.54) is 60.5 Å². The van der Waals surface area contributed by atoms with Crippen molar-refractivity contribution >= 4 is 49.4 Å². The van der Waals surface area contributed by atoms with Crippen molar-refractivity contribution in [2.45, 2.75) is 0 Å². The van der Waals surface area contributed by atoms with Crippen LogP contribution in [0.1, 0.15) is 0 Å². The van der Waals surface area contributed by atoms with Gasteiger partial charge in [0.05, 0.1) is 0 Å². The molecule has 11 aromatic carbocycles. The number of para-hydroxylation sites is 1. The molecule has 0 spiro atoms. The summed E-state index contributed by atoms with van der Waals surface area (Å²) in [5.41, 5.74) is 15.1. The molecule has 1 aliphatic heterocycles. The standard InChI is InChI=1S/C60H39NO/c1-3-18-52-42(11-1)13-8-21-54(52)44-27-25-40(26-28-44)41-29-33-49(34-30-41)61(50-35-31-45(32-36-50)55-22-9-14-43-12-2-4-19-53(43)55)51-17-7-15-46(38-51)48-37-47-16-10-24-59-60(47)57(39-48)56-20-5-6-23-58(56)62-59/h1-39H. The number of benzene rings is 11. The zero-order valence-electron chi connectivity index (χ0n) is 33.9. The Labute approximate surface area is 361 Å². The largest absolute Gasteiger partial charge is 0.456 e. The third-order valence-electron chi connectivity index (χ3n) is 12.4. The summed E-state index contributed by atoms with van der Waals surface area (Å²) < 4.78 is 6.37. The van der Waals surface area contributed by atoms with Gasteiger partial charge in [0.1, 0.15) is 11.5 Å². The first-order valence-corrected chi connectivity index (χ1v) is 21.2. The van der Waals surface area contributed by atoms with Crippen molar-refractivity contribution in [3.05, 3.63) is 237 Å². The average Bonchev–Trinajstić information content (AvgIpc) is 3.34. The van der Waals surface area contributed by atoms with Gasteiger partial charge in [-0.15, -0.1) is 0 Å². The number of ether oxygens (including phenoxy) is 1. The molecule has 11 aromatic rings. The number of fused-ring (bicyclic) bond motifs is 4. The van der Waals surface area contributed by atoms with Crippen LogP contribution in [0.15, 0.2) is 237 Å². The zero-order chi connectivity index (χ0) is 41.0. The Kier molecular flexibility index (Phi) is 8.53. The lowest BCUT2D eigenvalue weighted by Crippen LogP contribution is -2.10. The third kappa shape index (κ3) is 6.20. The van der Waals surface area contributed by atoms with Crippen molar-refractivity contribution in [2.75, 3.05) is 4.90 Å². The Morgan fingerprint density at radius 2 is 0.742 bits per heavy atom. The zero-order valence-corrected chi connectivity index (χ0v) is 33.9. The molecule has 0 N–H and O–H groups in total. The molecule has 12 rings (SSSR count). The van der Waals surface area contributed by atoms with Crippen molar-refractivity contribution in [3.8, 4) is 67.1 Å². The summed E-state index contributed by atoms with van der Waals surface area (Å²) in [7, 11) is 0. The third-order valence-corrected chi connectivity index (χ3v) is 12.4. The van der Waals surface area contributed by atoms with Crippen LogP contribution in [-0.4, -0.2) is 0 Å². The minimum absolute atomic E-state index is 0.890. The Balaban J connectivity index is 0.940. The maximum atomic E-state index is 6.37. The Morgan fingerprint density at radius 1 is 0.258 bits per heavy atom. The fraction of sp³-hybridized carbons (Fsp3) is 0. The number of nitrogens with zero attached hydrogens (tertiary/aromatic N) is 1. The van der Waals surface area contributed by atoms with Gasteiger partial charge in [-0.05, 0) is 138 Å². The van der Waals surface area contributed by atoms with E-state index in [4.69, 9.17) is 4.74 Å². The second-order valence-electron chi connectivity index (χ2n) is 16.1. The van der Waals surface area contributed by atoms with Crippen LogP contribution in [0, 0.1) is 0 Å². The van der Waals surface area contributed by atoms with Crippen LogP contribution >= 0.6 is 0 Å². The fourth-order valence-corrected chi connectivity index (χ4v) is 9.42. The van der Waals surface area contributed by atoms with Crippen LogP contribution in [0.25, 0.3) is 88.0 Å². The Bertz CT molecular complexity index is 3470. The van der Waals surface area contributed by atoms with Gasteiger partial charge in [0.15, 0.2) is 0 Å². The van der Waals surface area contributed by atoms with Crippen LogP contribution < -0.4 is 9.64 Å². The summed E-state index contributed by atoms with van der Waals surface area (Å²) in [6, 6.07) is 85.5. The summed E-state index contributed by atoms with van der Waals surface area (Å²) in [4.78, 5) is 2.37. The van der Waals surface area contributed by atoms with Gasteiger partial charge in [-0.25, -0.2) is 0 Å². The minimum atomic E-state index is 0.890. The van der Waals surface area contributed by atoms with E-state index >= 15 is 0 Å². The van der Waals surface area contributed by atoms with Gasteiger partial charge in [-0.3, -0.25) is 0 Å². The molecule has 0 radical (unpaired) electrons. The molecule has 290 valence electrons. The van der Waals surface area contributed by atoms with E-state index in [1.807, 2.05) is 6.07 Å². The molecule has 2 heteroatoms. The predicted molar refractivity (Wildman–Crippen MR) is 261 cm³/mol. The highest BCUT2D eigenvalue weighted by Crippen LogP contribution is 2.48. The topological polar surface area (TPSA) is 12.5 Å². The quantitative estimate of drug-likeness (QED) is 0.159. The highest BCUT2D eigenvalue weighted by molar-refractivity contribution is 6.06. The van der Waals surface area contributed by atoms with Crippen molar-refractivity contribution in [1.82, 2.24) is 0 Å². The summed E-state index contributed by atoms with van der Waals surface area (Å²) in [6.45, 7) is 0. The smallest absolute Gasteiger partial charge is 0.135 e. The van der Waals surface area contributed by atoms with Gasteiger partial charge in [-0.2, -0.15) is 0 Å². The first-order chi connectivity index (χ1) is 30.7. The summed E-state index contributed by atoms with van der Waals surface area (Å²) in [5, 5.41) is 7.34. The van der Waals surface area contributed by atoms with Gasteiger partial charge < -0.3 is 9.64 Å². The maximum Gasteiger partial charge on any atom is 0.135 e. The van der Waals surface area contributed by atoms with E-state index < -0.39 is 0 Å². The lowest BCUT2D eigenvalue weighted by molar-refractivity contribution is 0.487. The van der Waals surface area contributed by atoms with Crippen molar-refractivity contribution in [2.24, 2.45) is 0 Å². The molecule has 0 bridgehead atoms. The fourth-order valence-electron chi connectivity index (χ4n) is 9.42. The summed E-state index contributed by atoms with van der Waals surface area (Å²) >= 11 is 0. The highest BCUT2D eigenvalue weighted by Gasteiger charge is 2.21. The van der Waals surface area contributed by atoms with Gasteiger partial charge in [-0.1, -0.05) is 176 Å². The molecule has 0 saturated carbocycles. The molecule has 2 nitrogen and oxygen atoms in total. The average molecular weight is 790 g/mol. The number of hydrogen-bond donors (Lipinski definition) is 0. The Morgan fingerprint density at radius 3 is 1.42 bits per heavy atom. The molecular weight excluding hydrogens is 751 g/mol. The number of anilines is 3. The van der Waals surface area contributed by atoms with Gasteiger partial charge in [0.25, 0.3) is 0 Å². The molecule has 0 saturated heterocycles. The molecule has 1 heterocycles. The van der Waals surface area contributed by atoms with Crippen LogP contribution in [-0.2, 0) is 0 Å². The first kappa shape index (κ1) is 35.7. The SMILES string of the molecule is c1cc(-c2cc3c4c(cccc4c2)Oc2ccccc2-3)cc(N(c2ccc(-c3ccc(-c4cccc5ccccc45)cc3)cc2)c2ccc(-c3cccc4ccccc34)cc2)c1. The van der Waals surface area contributed by atoms with Crippen LogP contribution in [0.2, 0.25) is 0 Å². The number of hydrogen-bond acceptors (Lipinski definition) is 2. The molecule has 0 atom stereocenters. The summed E-state index contributed by atoms with van der Waals surface area (Å²) in [6.07, 6.45) is 0. The van der Waals surface area contributed by atoms with E-state index in [-0.39, 0.29) is 0 Å². The van der Waals surface area contributed by atoms with E-state index in [9.17, 15) is 0 Å². The van der Waals surface area contributed by atoms with E-state index in [0.717, 1.165) is 56.0 Å². The molecule has 0 aromatic heterocycles. The van der Waals surface area contributed by atoms with Crippen LogP contribution in [0.4, 0.5) is 17.1 Å². The van der Waals surface area contributed by atoms with E-state index in [1.54, 1.807) is 0 Å². The molecule has 0 unspecified atom stereocenters. The van der Waals surface area contributed by atoms with E-state index in [0.29, 0.717) is 0 Å². The monoisotopic (exact) mass is 789 g/mol. The molecule has 1 aliphatic rings. The van der Waals surface area contributed by atoms with Crippen molar-refractivity contribution in [1.29, 1.82) is 0 Å². The molecular formula is C60H39NO. The van der Waals surface area contributed by atoms with Gasteiger partial charge >= 0.3 is 0 Å².